The molecule has 1 N–H and O–H groups in total. The van der Waals surface area contributed by atoms with Crippen molar-refractivity contribution >= 4 is 38.9 Å². The molecule has 0 atom stereocenters. The molecule has 6 nitrogen and oxygen atoms in total. The average Bonchev–Trinajstić information content (AvgIpc) is 3.14. The third kappa shape index (κ3) is 4.93. The molecule has 0 spiro atoms. The SMILES string of the molecule is CN(CC(=O)Nc1cc(F)cc(F)c1)Cc1nc(-c2ccc(Br)s2)no1. The van der Waals surface area contributed by atoms with E-state index in [2.05, 4.69) is 31.4 Å². The molecule has 2 heterocycles. The number of rotatable bonds is 6. The minimum atomic E-state index is -0.757. The normalized spacial score (nSPS) is 11.1. The second-order valence-electron chi connectivity index (χ2n) is 5.49. The highest BCUT2D eigenvalue weighted by Gasteiger charge is 2.14. The number of carbonyl (C=O) groups excluding carboxylic acids is 1. The molecule has 0 saturated carbocycles. The van der Waals surface area contributed by atoms with Gasteiger partial charge in [-0.15, -0.1) is 11.3 Å². The number of benzene rings is 1. The van der Waals surface area contributed by atoms with Crippen molar-refractivity contribution < 1.29 is 18.1 Å². The molecule has 0 radical (unpaired) electrons. The highest BCUT2D eigenvalue weighted by atomic mass is 79.9. The Balaban J connectivity index is 1.56. The number of halogens is 3. The van der Waals surface area contributed by atoms with Gasteiger partial charge in [-0.2, -0.15) is 4.98 Å². The number of anilines is 1. The zero-order valence-electron chi connectivity index (χ0n) is 13.5. The molecule has 0 bridgehead atoms. The second kappa shape index (κ2) is 8.02. The number of amides is 1. The van der Waals surface area contributed by atoms with E-state index in [1.165, 1.54) is 11.3 Å². The lowest BCUT2D eigenvalue weighted by atomic mass is 10.3. The molecule has 0 aliphatic rings. The van der Waals surface area contributed by atoms with Crippen LogP contribution < -0.4 is 5.32 Å². The van der Waals surface area contributed by atoms with E-state index < -0.39 is 17.5 Å². The number of aromatic nitrogens is 2. The van der Waals surface area contributed by atoms with E-state index >= 15 is 0 Å². The Morgan fingerprint density at radius 3 is 2.69 bits per heavy atom. The fraction of sp³-hybridized carbons (Fsp3) is 0.188. The lowest BCUT2D eigenvalue weighted by molar-refractivity contribution is -0.117. The fourth-order valence-corrected chi connectivity index (χ4v) is 3.52. The van der Waals surface area contributed by atoms with E-state index in [1.54, 1.807) is 11.9 Å². The minimum Gasteiger partial charge on any atom is -0.338 e. The summed E-state index contributed by atoms with van der Waals surface area (Å²) in [6.07, 6.45) is 0. The molecule has 3 aromatic rings. The maximum atomic E-state index is 13.1. The minimum absolute atomic E-state index is 0.0135. The van der Waals surface area contributed by atoms with E-state index in [9.17, 15) is 13.6 Å². The molecule has 0 aliphatic heterocycles. The van der Waals surface area contributed by atoms with Gasteiger partial charge in [0.05, 0.1) is 21.8 Å². The second-order valence-corrected chi connectivity index (χ2v) is 7.96. The van der Waals surface area contributed by atoms with Gasteiger partial charge in [0.25, 0.3) is 0 Å². The van der Waals surface area contributed by atoms with Crippen LogP contribution in [0.5, 0.6) is 0 Å². The monoisotopic (exact) mass is 442 g/mol. The Morgan fingerprint density at radius 1 is 1.31 bits per heavy atom. The van der Waals surface area contributed by atoms with Gasteiger partial charge in [0, 0.05) is 11.8 Å². The molecule has 26 heavy (non-hydrogen) atoms. The number of carbonyl (C=O) groups is 1. The first kappa shape index (κ1) is 18.6. The first-order valence-corrected chi connectivity index (χ1v) is 9.03. The van der Waals surface area contributed by atoms with Gasteiger partial charge in [-0.3, -0.25) is 9.69 Å². The third-order valence-electron chi connectivity index (χ3n) is 3.23. The van der Waals surface area contributed by atoms with Gasteiger partial charge < -0.3 is 9.84 Å². The summed E-state index contributed by atoms with van der Waals surface area (Å²) in [6, 6.07) is 6.59. The molecule has 10 heteroatoms. The predicted molar refractivity (Wildman–Crippen MR) is 96.6 cm³/mol. The zero-order chi connectivity index (χ0) is 18.7. The van der Waals surface area contributed by atoms with Crippen molar-refractivity contribution in [1.82, 2.24) is 15.0 Å². The van der Waals surface area contributed by atoms with Gasteiger partial charge in [-0.05, 0) is 47.2 Å². The van der Waals surface area contributed by atoms with Crippen LogP contribution in [0.3, 0.4) is 0 Å². The van der Waals surface area contributed by atoms with Crippen molar-refractivity contribution in [1.29, 1.82) is 0 Å². The lowest BCUT2D eigenvalue weighted by Gasteiger charge is -2.14. The largest absolute Gasteiger partial charge is 0.338 e. The number of nitrogens with one attached hydrogen (secondary N) is 1. The summed E-state index contributed by atoms with van der Waals surface area (Å²) in [5.41, 5.74) is 0.0595. The van der Waals surface area contributed by atoms with Gasteiger partial charge >= 0.3 is 0 Å². The highest BCUT2D eigenvalue weighted by molar-refractivity contribution is 9.11. The van der Waals surface area contributed by atoms with Crippen LogP contribution in [-0.4, -0.2) is 34.5 Å². The summed E-state index contributed by atoms with van der Waals surface area (Å²) < 4.78 is 32.4. The van der Waals surface area contributed by atoms with Crippen LogP contribution in [0, 0.1) is 11.6 Å². The van der Waals surface area contributed by atoms with Crippen LogP contribution in [-0.2, 0) is 11.3 Å². The molecular weight excluding hydrogens is 430 g/mol. The number of nitrogens with zero attached hydrogens (tertiary/aromatic N) is 3. The molecule has 136 valence electrons. The van der Waals surface area contributed by atoms with Gasteiger partial charge in [-0.25, -0.2) is 8.78 Å². The van der Waals surface area contributed by atoms with E-state index in [0.717, 1.165) is 26.9 Å². The lowest BCUT2D eigenvalue weighted by Crippen LogP contribution is -2.30. The van der Waals surface area contributed by atoms with Crippen LogP contribution in [0.25, 0.3) is 10.7 Å². The van der Waals surface area contributed by atoms with E-state index in [-0.39, 0.29) is 18.8 Å². The Hall–Kier alpha value is -2.17. The van der Waals surface area contributed by atoms with Crippen LogP contribution in [0.2, 0.25) is 0 Å². The van der Waals surface area contributed by atoms with Crippen molar-refractivity contribution in [2.75, 3.05) is 18.9 Å². The summed E-state index contributed by atoms with van der Waals surface area (Å²) in [5.74, 6) is -1.10. The summed E-state index contributed by atoms with van der Waals surface area (Å²) in [5, 5.41) is 6.36. The third-order valence-corrected chi connectivity index (χ3v) is 4.85. The number of likely N-dealkylation sites (N-methyl/N-ethyl adjacent to an activating group) is 1. The smallest absolute Gasteiger partial charge is 0.241 e. The summed E-state index contributed by atoms with van der Waals surface area (Å²) in [6.45, 7) is 0.241. The quantitative estimate of drug-likeness (QED) is 0.626. The van der Waals surface area contributed by atoms with Gasteiger partial charge in [0.2, 0.25) is 17.6 Å². The first-order chi connectivity index (χ1) is 12.4. The molecule has 3 rings (SSSR count). The van der Waals surface area contributed by atoms with Gasteiger partial charge in [0.15, 0.2) is 0 Å². The van der Waals surface area contributed by atoms with E-state index in [4.69, 9.17) is 4.52 Å². The van der Waals surface area contributed by atoms with Crippen molar-refractivity contribution in [3.8, 4) is 10.7 Å². The number of hydrogen-bond acceptors (Lipinski definition) is 6. The number of hydrogen-bond donors (Lipinski definition) is 1. The fourth-order valence-electron chi connectivity index (χ4n) is 2.21. The molecule has 0 fully saturated rings. The zero-order valence-corrected chi connectivity index (χ0v) is 15.9. The molecular formula is C16H13BrF2N4O2S. The van der Waals surface area contributed by atoms with Crippen LogP contribution in [0.4, 0.5) is 14.5 Å². The van der Waals surface area contributed by atoms with Crippen LogP contribution in [0.1, 0.15) is 5.89 Å². The average molecular weight is 443 g/mol. The Kier molecular flexibility index (Phi) is 5.74. The standard InChI is InChI=1S/C16H13BrF2N4O2S/c1-23(7-14(24)20-11-5-9(18)4-10(19)6-11)8-15-21-16(22-25-15)12-2-3-13(17)26-12/h2-6H,7-8H2,1H3,(H,20,24). The Bertz CT molecular complexity index is 910. The molecule has 1 amide bonds. The first-order valence-electron chi connectivity index (χ1n) is 7.42. The molecule has 1 aromatic carbocycles. The van der Waals surface area contributed by atoms with E-state index in [0.29, 0.717) is 11.7 Å². The maximum Gasteiger partial charge on any atom is 0.241 e. The van der Waals surface area contributed by atoms with Gasteiger partial charge in [-0.1, -0.05) is 5.16 Å². The summed E-state index contributed by atoms with van der Waals surface area (Å²) in [4.78, 5) is 18.8. The molecule has 2 aromatic heterocycles. The van der Waals surface area contributed by atoms with Crippen molar-refractivity contribution in [3.63, 3.8) is 0 Å². The Morgan fingerprint density at radius 2 is 2.04 bits per heavy atom. The van der Waals surface area contributed by atoms with Crippen molar-refractivity contribution in [2.45, 2.75) is 6.54 Å². The van der Waals surface area contributed by atoms with Crippen LogP contribution >= 0.6 is 27.3 Å². The highest BCUT2D eigenvalue weighted by Crippen LogP contribution is 2.29. The van der Waals surface area contributed by atoms with Crippen LogP contribution in [0.15, 0.2) is 38.6 Å². The molecule has 0 saturated heterocycles. The van der Waals surface area contributed by atoms with Crippen molar-refractivity contribution in [2.24, 2.45) is 0 Å². The van der Waals surface area contributed by atoms with Gasteiger partial charge in [0.1, 0.15) is 11.6 Å². The summed E-state index contributed by atoms with van der Waals surface area (Å²) >= 11 is 4.85. The number of thiophene rings is 1. The molecule has 0 aliphatic carbocycles. The predicted octanol–water partition coefficient (Wildman–Crippen LogP) is 3.91. The maximum absolute atomic E-state index is 13.1. The molecule has 0 unspecified atom stereocenters. The van der Waals surface area contributed by atoms with Crippen molar-refractivity contribution in [3.05, 3.63) is 51.6 Å². The topological polar surface area (TPSA) is 71.3 Å². The van der Waals surface area contributed by atoms with E-state index in [1.807, 2.05) is 12.1 Å². The Labute approximate surface area is 160 Å². The summed E-state index contributed by atoms with van der Waals surface area (Å²) in [7, 11) is 1.69.